The average molecular weight is 223 g/mol. The van der Waals surface area contributed by atoms with Gasteiger partial charge in [0.15, 0.2) is 11.5 Å². The smallest absolute Gasteiger partial charge is 0.163 e. The van der Waals surface area contributed by atoms with Crippen molar-refractivity contribution in [3.8, 4) is 11.5 Å². The average Bonchev–Trinajstić information content (AvgIpc) is 2.25. The molecule has 0 spiro atoms. The van der Waals surface area contributed by atoms with E-state index in [1.165, 1.54) is 0 Å². The summed E-state index contributed by atoms with van der Waals surface area (Å²) in [5.74, 6) is 1.20. The highest BCUT2D eigenvalue weighted by atomic mass is 16.5. The van der Waals surface area contributed by atoms with Gasteiger partial charge in [-0.3, -0.25) is 0 Å². The molecule has 0 saturated carbocycles. The molecule has 3 N–H and O–H groups in total. The third-order valence-corrected chi connectivity index (χ3v) is 2.69. The highest BCUT2D eigenvalue weighted by Gasteiger charge is 2.12. The largest absolute Gasteiger partial charge is 0.504 e. The fourth-order valence-electron chi connectivity index (χ4n) is 1.74. The standard InChI is InChI=1S/C13H21NO2/c1-9(2)11-7-10(5-4-6-14)13(16-3)12(15)8-11/h7-9,15H,4-6,14H2,1-3H3. The summed E-state index contributed by atoms with van der Waals surface area (Å²) < 4.78 is 5.22. The molecule has 1 aromatic rings. The Labute approximate surface area is 97.2 Å². The predicted molar refractivity (Wildman–Crippen MR) is 66.1 cm³/mol. The van der Waals surface area contributed by atoms with E-state index in [2.05, 4.69) is 19.9 Å². The van der Waals surface area contributed by atoms with Crippen molar-refractivity contribution < 1.29 is 9.84 Å². The maximum Gasteiger partial charge on any atom is 0.163 e. The van der Waals surface area contributed by atoms with Crippen LogP contribution in [0.25, 0.3) is 0 Å². The molecule has 0 aromatic heterocycles. The van der Waals surface area contributed by atoms with Crippen LogP contribution in [0.3, 0.4) is 0 Å². The van der Waals surface area contributed by atoms with Crippen LogP contribution in [-0.2, 0) is 6.42 Å². The summed E-state index contributed by atoms with van der Waals surface area (Å²) in [6.07, 6.45) is 1.74. The zero-order valence-electron chi connectivity index (χ0n) is 10.3. The molecule has 0 atom stereocenters. The van der Waals surface area contributed by atoms with Gasteiger partial charge in [-0.05, 0) is 42.5 Å². The molecule has 16 heavy (non-hydrogen) atoms. The van der Waals surface area contributed by atoms with Crippen LogP contribution in [0.2, 0.25) is 0 Å². The number of phenolic OH excluding ortho intramolecular Hbond substituents is 1. The highest BCUT2D eigenvalue weighted by molar-refractivity contribution is 5.49. The summed E-state index contributed by atoms with van der Waals surface area (Å²) in [5.41, 5.74) is 7.67. The van der Waals surface area contributed by atoms with Crippen molar-refractivity contribution in [3.63, 3.8) is 0 Å². The van der Waals surface area contributed by atoms with Gasteiger partial charge in [-0.15, -0.1) is 0 Å². The van der Waals surface area contributed by atoms with E-state index in [4.69, 9.17) is 10.5 Å². The molecule has 3 heteroatoms. The lowest BCUT2D eigenvalue weighted by atomic mass is 9.97. The first-order valence-corrected chi connectivity index (χ1v) is 5.70. The first kappa shape index (κ1) is 12.8. The Morgan fingerprint density at radius 1 is 1.38 bits per heavy atom. The first-order chi connectivity index (χ1) is 7.60. The zero-order valence-corrected chi connectivity index (χ0v) is 10.3. The van der Waals surface area contributed by atoms with Gasteiger partial charge in [0.05, 0.1) is 7.11 Å². The van der Waals surface area contributed by atoms with Crippen molar-refractivity contribution in [2.75, 3.05) is 13.7 Å². The van der Waals surface area contributed by atoms with E-state index in [9.17, 15) is 5.11 Å². The van der Waals surface area contributed by atoms with E-state index >= 15 is 0 Å². The van der Waals surface area contributed by atoms with E-state index < -0.39 is 0 Å². The second-order valence-electron chi connectivity index (χ2n) is 4.28. The summed E-state index contributed by atoms with van der Waals surface area (Å²) in [4.78, 5) is 0. The molecular weight excluding hydrogens is 202 g/mol. The number of ether oxygens (including phenoxy) is 1. The van der Waals surface area contributed by atoms with Crippen molar-refractivity contribution in [2.45, 2.75) is 32.6 Å². The van der Waals surface area contributed by atoms with Crippen LogP contribution >= 0.6 is 0 Å². The van der Waals surface area contributed by atoms with E-state index in [1.807, 2.05) is 0 Å². The zero-order chi connectivity index (χ0) is 12.1. The molecule has 1 aromatic carbocycles. The monoisotopic (exact) mass is 223 g/mol. The molecule has 3 nitrogen and oxygen atoms in total. The Balaban J connectivity index is 3.09. The van der Waals surface area contributed by atoms with Gasteiger partial charge in [-0.1, -0.05) is 19.9 Å². The van der Waals surface area contributed by atoms with Crippen LogP contribution in [-0.4, -0.2) is 18.8 Å². The van der Waals surface area contributed by atoms with Crippen LogP contribution in [0, 0.1) is 0 Å². The Bertz CT molecular complexity index is 348. The van der Waals surface area contributed by atoms with Gasteiger partial charge in [0.25, 0.3) is 0 Å². The molecule has 1 rings (SSSR count). The number of rotatable bonds is 5. The van der Waals surface area contributed by atoms with Gasteiger partial charge in [-0.25, -0.2) is 0 Å². The fraction of sp³-hybridized carbons (Fsp3) is 0.538. The molecule has 0 aliphatic rings. The Morgan fingerprint density at radius 3 is 2.56 bits per heavy atom. The lowest BCUT2D eigenvalue weighted by molar-refractivity contribution is 0.368. The van der Waals surface area contributed by atoms with Crippen LogP contribution < -0.4 is 10.5 Å². The molecular formula is C13H21NO2. The summed E-state index contributed by atoms with van der Waals surface area (Å²) >= 11 is 0. The van der Waals surface area contributed by atoms with Gasteiger partial charge in [0.2, 0.25) is 0 Å². The van der Waals surface area contributed by atoms with Crippen LogP contribution in [0.4, 0.5) is 0 Å². The number of hydrogen-bond donors (Lipinski definition) is 2. The van der Waals surface area contributed by atoms with Crippen LogP contribution in [0.5, 0.6) is 11.5 Å². The highest BCUT2D eigenvalue weighted by Crippen LogP contribution is 2.34. The molecule has 0 bridgehead atoms. The van der Waals surface area contributed by atoms with Crippen LogP contribution in [0.1, 0.15) is 37.3 Å². The van der Waals surface area contributed by atoms with E-state index in [0.29, 0.717) is 18.2 Å². The van der Waals surface area contributed by atoms with Crippen molar-refractivity contribution in [1.82, 2.24) is 0 Å². The van der Waals surface area contributed by atoms with Gasteiger partial charge in [0, 0.05) is 0 Å². The van der Waals surface area contributed by atoms with E-state index in [1.54, 1.807) is 13.2 Å². The molecule has 0 radical (unpaired) electrons. The van der Waals surface area contributed by atoms with Crippen molar-refractivity contribution >= 4 is 0 Å². The molecule has 0 heterocycles. The number of aryl methyl sites for hydroxylation is 1. The SMILES string of the molecule is COc1c(O)cc(C(C)C)cc1CCCN. The number of nitrogens with two attached hydrogens (primary N) is 1. The van der Waals surface area contributed by atoms with Crippen molar-refractivity contribution in [1.29, 1.82) is 0 Å². The number of benzene rings is 1. The molecule has 0 amide bonds. The molecule has 0 saturated heterocycles. The lowest BCUT2D eigenvalue weighted by Gasteiger charge is -2.14. The van der Waals surface area contributed by atoms with Crippen molar-refractivity contribution in [2.24, 2.45) is 5.73 Å². The molecule has 0 unspecified atom stereocenters. The quantitative estimate of drug-likeness (QED) is 0.806. The summed E-state index contributed by atoms with van der Waals surface area (Å²) in [6, 6.07) is 3.87. The van der Waals surface area contributed by atoms with Gasteiger partial charge in [0.1, 0.15) is 0 Å². The van der Waals surface area contributed by atoms with E-state index in [0.717, 1.165) is 24.0 Å². The Morgan fingerprint density at radius 2 is 2.06 bits per heavy atom. The van der Waals surface area contributed by atoms with Gasteiger partial charge >= 0.3 is 0 Å². The molecule has 0 fully saturated rings. The minimum Gasteiger partial charge on any atom is -0.504 e. The number of aromatic hydroxyl groups is 1. The Kier molecular flexibility index (Phi) is 4.62. The normalized spacial score (nSPS) is 10.8. The second kappa shape index (κ2) is 5.75. The van der Waals surface area contributed by atoms with E-state index in [-0.39, 0.29) is 5.75 Å². The summed E-state index contributed by atoms with van der Waals surface area (Å²) in [7, 11) is 1.58. The maximum absolute atomic E-state index is 9.86. The molecule has 0 aliphatic heterocycles. The number of hydrogen-bond acceptors (Lipinski definition) is 3. The topological polar surface area (TPSA) is 55.5 Å². The first-order valence-electron chi connectivity index (χ1n) is 5.70. The minimum atomic E-state index is 0.223. The summed E-state index contributed by atoms with van der Waals surface area (Å²) in [5, 5.41) is 9.86. The fourth-order valence-corrected chi connectivity index (χ4v) is 1.74. The third kappa shape index (κ3) is 2.89. The Hall–Kier alpha value is -1.22. The predicted octanol–water partition coefficient (Wildman–Crippen LogP) is 2.42. The minimum absolute atomic E-state index is 0.223. The van der Waals surface area contributed by atoms with Crippen molar-refractivity contribution in [3.05, 3.63) is 23.3 Å². The number of methoxy groups -OCH3 is 1. The molecule has 0 aliphatic carbocycles. The summed E-state index contributed by atoms with van der Waals surface area (Å²) in [6.45, 7) is 4.86. The van der Waals surface area contributed by atoms with Crippen LogP contribution in [0.15, 0.2) is 12.1 Å². The number of phenols is 1. The van der Waals surface area contributed by atoms with Gasteiger partial charge in [-0.2, -0.15) is 0 Å². The van der Waals surface area contributed by atoms with Gasteiger partial charge < -0.3 is 15.6 Å². The molecule has 90 valence electrons. The maximum atomic E-state index is 9.86. The third-order valence-electron chi connectivity index (χ3n) is 2.69. The lowest BCUT2D eigenvalue weighted by Crippen LogP contribution is -2.02. The second-order valence-corrected chi connectivity index (χ2v) is 4.28.